The van der Waals surface area contributed by atoms with E-state index in [-0.39, 0.29) is 0 Å². The van der Waals surface area contributed by atoms with Gasteiger partial charge in [0.25, 0.3) is 0 Å². The first-order valence-corrected chi connectivity index (χ1v) is 8.25. The molecule has 0 fully saturated rings. The lowest BCUT2D eigenvalue weighted by molar-refractivity contribution is 0.314. The average molecular weight is 389 g/mol. The van der Waals surface area contributed by atoms with Crippen molar-refractivity contribution in [2.75, 3.05) is 11.9 Å². The Balaban J connectivity index is 2.10. The van der Waals surface area contributed by atoms with Crippen molar-refractivity contribution < 1.29 is 4.74 Å². The molecule has 0 spiro atoms. The van der Waals surface area contributed by atoms with Gasteiger partial charge in [-0.2, -0.15) is 0 Å². The highest BCUT2D eigenvalue weighted by atomic mass is 79.9. The molecule has 0 unspecified atom stereocenters. The van der Waals surface area contributed by atoms with Crippen LogP contribution in [0.2, 0.25) is 10.0 Å². The van der Waals surface area contributed by atoms with Gasteiger partial charge in [-0.05, 0) is 42.8 Å². The van der Waals surface area contributed by atoms with Crippen LogP contribution in [0.1, 0.15) is 18.9 Å². The van der Waals surface area contributed by atoms with Gasteiger partial charge < -0.3 is 10.1 Å². The number of rotatable bonds is 6. The van der Waals surface area contributed by atoms with E-state index in [0.717, 1.165) is 27.9 Å². The van der Waals surface area contributed by atoms with Gasteiger partial charge in [0, 0.05) is 22.3 Å². The van der Waals surface area contributed by atoms with Crippen molar-refractivity contribution in [1.29, 1.82) is 0 Å². The number of ether oxygens (including phenoxy) is 1. The van der Waals surface area contributed by atoms with Gasteiger partial charge in [0.2, 0.25) is 0 Å². The molecular weight excluding hydrogens is 373 g/mol. The molecule has 0 heterocycles. The van der Waals surface area contributed by atoms with Crippen LogP contribution in [-0.2, 0) is 6.54 Å². The zero-order valence-corrected chi connectivity index (χ0v) is 14.7. The van der Waals surface area contributed by atoms with Crippen molar-refractivity contribution in [2.45, 2.75) is 19.9 Å². The lowest BCUT2D eigenvalue weighted by Gasteiger charge is -2.13. The van der Waals surface area contributed by atoms with Crippen LogP contribution in [0.3, 0.4) is 0 Å². The van der Waals surface area contributed by atoms with Gasteiger partial charge >= 0.3 is 0 Å². The highest BCUT2D eigenvalue weighted by Crippen LogP contribution is 2.27. The maximum Gasteiger partial charge on any atom is 0.124 e. The molecule has 0 saturated heterocycles. The van der Waals surface area contributed by atoms with Gasteiger partial charge in [-0.25, -0.2) is 0 Å². The second-order valence-electron chi connectivity index (χ2n) is 4.58. The van der Waals surface area contributed by atoms with E-state index in [0.29, 0.717) is 23.2 Å². The van der Waals surface area contributed by atoms with E-state index in [1.807, 2.05) is 24.3 Å². The van der Waals surface area contributed by atoms with Crippen molar-refractivity contribution in [1.82, 2.24) is 0 Å². The van der Waals surface area contributed by atoms with Crippen LogP contribution in [0.25, 0.3) is 0 Å². The molecule has 0 atom stereocenters. The maximum atomic E-state index is 6.02. The van der Waals surface area contributed by atoms with E-state index >= 15 is 0 Å². The lowest BCUT2D eigenvalue weighted by Crippen LogP contribution is -2.04. The zero-order chi connectivity index (χ0) is 15.2. The molecule has 0 saturated carbocycles. The van der Waals surface area contributed by atoms with Crippen LogP contribution < -0.4 is 10.1 Å². The Kier molecular flexibility index (Phi) is 6.22. The SMILES string of the molecule is CCCOc1ccc(Br)cc1CNc1ccc(Cl)c(Cl)c1. The first-order valence-electron chi connectivity index (χ1n) is 6.70. The largest absolute Gasteiger partial charge is 0.493 e. The molecule has 0 aliphatic carbocycles. The Labute approximate surface area is 143 Å². The second kappa shape index (κ2) is 7.92. The Morgan fingerprint density at radius 2 is 1.90 bits per heavy atom. The van der Waals surface area contributed by atoms with Crippen LogP contribution in [0.15, 0.2) is 40.9 Å². The Bertz CT molecular complexity index is 619. The summed E-state index contributed by atoms with van der Waals surface area (Å²) in [6.45, 7) is 3.45. The van der Waals surface area contributed by atoms with Gasteiger partial charge in [0.1, 0.15) is 5.75 Å². The van der Waals surface area contributed by atoms with E-state index in [1.165, 1.54) is 0 Å². The highest BCUT2D eigenvalue weighted by molar-refractivity contribution is 9.10. The Morgan fingerprint density at radius 3 is 2.62 bits per heavy atom. The van der Waals surface area contributed by atoms with Gasteiger partial charge in [-0.15, -0.1) is 0 Å². The summed E-state index contributed by atoms with van der Waals surface area (Å²) in [5, 5.41) is 4.42. The summed E-state index contributed by atoms with van der Waals surface area (Å²) >= 11 is 15.4. The minimum atomic E-state index is 0.540. The van der Waals surface area contributed by atoms with E-state index in [4.69, 9.17) is 27.9 Å². The monoisotopic (exact) mass is 387 g/mol. The van der Waals surface area contributed by atoms with E-state index in [2.05, 4.69) is 34.2 Å². The molecule has 2 rings (SSSR count). The third-order valence-electron chi connectivity index (χ3n) is 2.89. The quantitative estimate of drug-likeness (QED) is 0.639. The fourth-order valence-corrected chi connectivity index (χ4v) is 2.55. The summed E-state index contributed by atoms with van der Waals surface area (Å²) < 4.78 is 6.79. The van der Waals surface area contributed by atoms with E-state index < -0.39 is 0 Å². The lowest BCUT2D eigenvalue weighted by atomic mass is 10.2. The number of halogens is 3. The molecule has 0 bridgehead atoms. The smallest absolute Gasteiger partial charge is 0.124 e. The van der Waals surface area contributed by atoms with Crippen molar-refractivity contribution >= 4 is 44.8 Å². The zero-order valence-electron chi connectivity index (χ0n) is 11.6. The Morgan fingerprint density at radius 1 is 1.10 bits per heavy atom. The second-order valence-corrected chi connectivity index (χ2v) is 6.31. The Hall–Kier alpha value is -0.900. The predicted octanol–water partition coefficient (Wildman–Crippen LogP) is 6.16. The third-order valence-corrected chi connectivity index (χ3v) is 4.12. The van der Waals surface area contributed by atoms with Crippen LogP contribution >= 0.6 is 39.1 Å². The maximum absolute atomic E-state index is 6.02. The summed E-state index contributed by atoms with van der Waals surface area (Å²) in [4.78, 5) is 0. The number of anilines is 1. The normalized spacial score (nSPS) is 10.5. The van der Waals surface area contributed by atoms with Crippen molar-refractivity contribution in [3.05, 3.63) is 56.5 Å². The average Bonchev–Trinajstić information content (AvgIpc) is 2.47. The third kappa shape index (κ3) is 4.80. The van der Waals surface area contributed by atoms with E-state index in [9.17, 15) is 0 Å². The summed E-state index contributed by atoms with van der Waals surface area (Å²) in [6, 6.07) is 11.5. The van der Waals surface area contributed by atoms with Gasteiger partial charge in [0.15, 0.2) is 0 Å². The molecule has 2 aromatic rings. The fraction of sp³-hybridized carbons (Fsp3) is 0.250. The van der Waals surface area contributed by atoms with Crippen LogP contribution in [-0.4, -0.2) is 6.61 Å². The minimum Gasteiger partial charge on any atom is -0.493 e. The minimum absolute atomic E-state index is 0.540. The number of benzene rings is 2. The fourth-order valence-electron chi connectivity index (χ4n) is 1.84. The van der Waals surface area contributed by atoms with Gasteiger partial charge in [-0.3, -0.25) is 0 Å². The number of hydrogen-bond donors (Lipinski definition) is 1. The first-order chi connectivity index (χ1) is 10.1. The molecular formula is C16H16BrCl2NO. The molecule has 0 aromatic heterocycles. The number of nitrogens with one attached hydrogen (secondary N) is 1. The number of hydrogen-bond acceptors (Lipinski definition) is 2. The molecule has 2 aromatic carbocycles. The van der Waals surface area contributed by atoms with E-state index in [1.54, 1.807) is 6.07 Å². The molecule has 21 heavy (non-hydrogen) atoms. The summed E-state index contributed by atoms with van der Waals surface area (Å²) in [5.41, 5.74) is 2.01. The topological polar surface area (TPSA) is 21.3 Å². The van der Waals surface area contributed by atoms with Crippen LogP contribution in [0.5, 0.6) is 5.75 Å². The molecule has 112 valence electrons. The molecule has 1 N–H and O–H groups in total. The van der Waals surface area contributed by atoms with Crippen LogP contribution in [0, 0.1) is 0 Å². The molecule has 0 radical (unpaired) electrons. The van der Waals surface area contributed by atoms with Gasteiger partial charge in [0.05, 0.1) is 16.7 Å². The molecule has 0 aliphatic heterocycles. The predicted molar refractivity (Wildman–Crippen MR) is 93.7 cm³/mol. The molecule has 5 heteroatoms. The summed E-state index contributed by atoms with van der Waals surface area (Å²) in [6.07, 6.45) is 0.982. The van der Waals surface area contributed by atoms with Gasteiger partial charge in [-0.1, -0.05) is 46.1 Å². The van der Waals surface area contributed by atoms with Crippen molar-refractivity contribution in [3.8, 4) is 5.75 Å². The highest BCUT2D eigenvalue weighted by Gasteiger charge is 2.06. The summed E-state index contributed by atoms with van der Waals surface area (Å²) in [7, 11) is 0. The standard InChI is InChI=1S/C16H16BrCl2NO/c1-2-7-21-16-6-3-12(17)8-11(16)10-20-13-4-5-14(18)15(19)9-13/h3-6,8-9,20H,2,7,10H2,1H3. The molecule has 0 amide bonds. The summed E-state index contributed by atoms with van der Waals surface area (Å²) in [5.74, 6) is 0.896. The van der Waals surface area contributed by atoms with Crippen LogP contribution in [0.4, 0.5) is 5.69 Å². The first kappa shape index (κ1) is 16.5. The molecule has 2 nitrogen and oxygen atoms in total. The molecule has 0 aliphatic rings. The van der Waals surface area contributed by atoms with Crippen molar-refractivity contribution in [3.63, 3.8) is 0 Å². The van der Waals surface area contributed by atoms with Crippen molar-refractivity contribution in [2.24, 2.45) is 0 Å².